The van der Waals surface area contributed by atoms with E-state index in [1.807, 2.05) is 48.5 Å². The Balaban J connectivity index is 2.19. The molecule has 3 nitrogen and oxygen atoms in total. The molecule has 0 aliphatic carbocycles. The Hall–Kier alpha value is -2.00. The van der Waals surface area contributed by atoms with Crippen molar-refractivity contribution in [3.05, 3.63) is 59.1 Å². The Morgan fingerprint density at radius 3 is 2.29 bits per heavy atom. The highest BCUT2D eigenvalue weighted by Gasteiger charge is 2.13. The second kappa shape index (κ2) is 7.14. The lowest BCUT2D eigenvalue weighted by Crippen LogP contribution is -2.14. The molecule has 21 heavy (non-hydrogen) atoms. The van der Waals surface area contributed by atoms with Gasteiger partial charge in [0.2, 0.25) is 0 Å². The van der Waals surface area contributed by atoms with Crippen molar-refractivity contribution in [3.8, 4) is 5.75 Å². The van der Waals surface area contributed by atoms with Crippen molar-refractivity contribution in [3.63, 3.8) is 0 Å². The molecule has 0 aromatic heterocycles. The average molecular weight is 304 g/mol. The van der Waals surface area contributed by atoms with Crippen LogP contribution in [-0.4, -0.2) is 12.9 Å². The molecule has 1 N–H and O–H groups in total. The first-order valence-electron chi connectivity index (χ1n) is 6.74. The van der Waals surface area contributed by atoms with E-state index < -0.39 is 0 Å². The summed E-state index contributed by atoms with van der Waals surface area (Å²) in [5.41, 5.74) is 1.97. The molecule has 0 heterocycles. The monoisotopic (exact) mass is 303 g/mol. The summed E-state index contributed by atoms with van der Waals surface area (Å²) in [6, 6.07) is 15.1. The number of hydrogen-bond acceptors (Lipinski definition) is 3. The first-order valence-corrected chi connectivity index (χ1v) is 7.12. The molecule has 0 saturated heterocycles. The molecule has 1 unspecified atom stereocenters. The van der Waals surface area contributed by atoms with Crippen LogP contribution in [0, 0.1) is 0 Å². The van der Waals surface area contributed by atoms with Crippen LogP contribution in [0.1, 0.15) is 24.9 Å². The van der Waals surface area contributed by atoms with Gasteiger partial charge in [-0.3, -0.25) is 4.79 Å². The Morgan fingerprint density at radius 1 is 1.14 bits per heavy atom. The predicted octanol–water partition coefficient (Wildman–Crippen LogP) is 4.48. The number of carbonyl (C=O) groups is 1. The number of hydrogen-bond donors (Lipinski definition) is 1. The van der Waals surface area contributed by atoms with E-state index in [9.17, 15) is 4.79 Å². The van der Waals surface area contributed by atoms with E-state index in [-0.39, 0.29) is 11.8 Å². The van der Waals surface area contributed by atoms with Gasteiger partial charge in [0.15, 0.2) is 0 Å². The predicted molar refractivity (Wildman–Crippen MR) is 86.1 cm³/mol. The molecule has 0 aliphatic heterocycles. The molecule has 0 spiro atoms. The number of nitrogens with one attached hydrogen (secondary N) is 1. The minimum absolute atomic E-state index is 0.0758. The zero-order chi connectivity index (χ0) is 15.2. The SMILES string of the molecule is COc1ccc(NC(CC(C)=O)c2ccc(Cl)cc2)cc1. The quantitative estimate of drug-likeness (QED) is 0.855. The van der Waals surface area contributed by atoms with Crippen molar-refractivity contribution in [2.75, 3.05) is 12.4 Å². The third-order valence-electron chi connectivity index (χ3n) is 3.19. The van der Waals surface area contributed by atoms with Crippen LogP contribution in [0.4, 0.5) is 5.69 Å². The number of Topliss-reactive ketones (excluding diaryl/α,β-unsaturated/α-hetero) is 1. The molecule has 0 amide bonds. The summed E-state index contributed by atoms with van der Waals surface area (Å²) in [6.45, 7) is 1.60. The van der Waals surface area contributed by atoms with Gasteiger partial charge in [0.05, 0.1) is 13.2 Å². The van der Waals surface area contributed by atoms with Gasteiger partial charge in [-0.2, -0.15) is 0 Å². The third-order valence-corrected chi connectivity index (χ3v) is 3.45. The molecule has 0 radical (unpaired) electrons. The summed E-state index contributed by atoms with van der Waals surface area (Å²) in [5.74, 6) is 0.936. The summed E-state index contributed by atoms with van der Waals surface area (Å²) in [5, 5.41) is 4.06. The van der Waals surface area contributed by atoms with E-state index in [4.69, 9.17) is 16.3 Å². The van der Waals surface area contributed by atoms with Crippen LogP contribution in [0.15, 0.2) is 48.5 Å². The number of methoxy groups -OCH3 is 1. The van der Waals surface area contributed by atoms with Crippen LogP contribution >= 0.6 is 11.6 Å². The summed E-state index contributed by atoms with van der Waals surface area (Å²) < 4.78 is 5.14. The van der Waals surface area contributed by atoms with Gasteiger partial charge in [-0.1, -0.05) is 23.7 Å². The topological polar surface area (TPSA) is 38.3 Å². The zero-order valence-electron chi connectivity index (χ0n) is 12.1. The number of ketones is 1. The largest absolute Gasteiger partial charge is 0.497 e. The van der Waals surface area contributed by atoms with Gasteiger partial charge in [-0.25, -0.2) is 0 Å². The molecule has 2 aromatic carbocycles. The van der Waals surface area contributed by atoms with Crippen LogP contribution in [0.2, 0.25) is 5.02 Å². The van der Waals surface area contributed by atoms with Gasteiger partial charge in [0.25, 0.3) is 0 Å². The number of benzene rings is 2. The van der Waals surface area contributed by atoms with Gasteiger partial charge < -0.3 is 10.1 Å². The smallest absolute Gasteiger partial charge is 0.132 e. The fourth-order valence-electron chi connectivity index (χ4n) is 2.12. The number of halogens is 1. The Morgan fingerprint density at radius 2 is 1.76 bits per heavy atom. The van der Waals surface area contributed by atoms with Gasteiger partial charge in [-0.15, -0.1) is 0 Å². The van der Waals surface area contributed by atoms with Crippen LogP contribution in [-0.2, 0) is 4.79 Å². The molecule has 2 aromatic rings. The number of rotatable bonds is 6. The minimum atomic E-state index is -0.0758. The van der Waals surface area contributed by atoms with Gasteiger partial charge >= 0.3 is 0 Å². The number of anilines is 1. The van der Waals surface area contributed by atoms with Crippen LogP contribution < -0.4 is 10.1 Å². The molecule has 0 bridgehead atoms. The molecule has 2 rings (SSSR count). The van der Waals surface area contributed by atoms with Gasteiger partial charge in [0.1, 0.15) is 11.5 Å². The molecule has 0 saturated carbocycles. The Kier molecular flexibility index (Phi) is 5.23. The van der Waals surface area contributed by atoms with Crippen molar-refractivity contribution >= 4 is 23.1 Å². The lowest BCUT2D eigenvalue weighted by Gasteiger charge is -2.19. The number of carbonyl (C=O) groups excluding carboxylic acids is 1. The highest BCUT2D eigenvalue weighted by molar-refractivity contribution is 6.30. The van der Waals surface area contributed by atoms with E-state index in [1.54, 1.807) is 14.0 Å². The molecular weight excluding hydrogens is 286 g/mol. The highest BCUT2D eigenvalue weighted by atomic mass is 35.5. The standard InChI is InChI=1S/C17H18ClNO2/c1-12(20)11-17(13-3-5-14(18)6-4-13)19-15-7-9-16(21-2)10-8-15/h3-10,17,19H,11H2,1-2H3. The highest BCUT2D eigenvalue weighted by Crippen LogP contribution is 2.25. The number of ether oxygens (including phenoxy) is 1. The summed E-state index contributed by atoms with van der Waals surface area (Å²) >= 11 is 5.91. The molecule has 0 fully saturated rings. The second-order valence-electron chi connectivity index (χ2n) is 4.88. The first kappa shape index (κ1) is 15.4. The maximum atomic E-state index is 11.5. The van der Waals surface area contributed by atoms with E-state index in [2.05, 4.69) is 5.32 Å². The minimum Gasteiger partial charge on any atom is -0.497 e. The molecule has 4 heteroatoms. The fourth-order valence-corrected chi connectivity index (χ4v) is 2.25. The summed E-state index contributed by atoms with van der Waals surface area (Å²) in [7, 11) is 1.63. The van der Waals surface area contributed by atoms with E-state index >= 15 is 0 Å². The lowest BCUT2D eigenvalue weighted by atomic mass is 10.0. The van der Waals surface area contributed by atoms with Gasteiger partial charge in [-0.05, 0) is 48.9 Å². The molecule has 1 atom stereocenters. The van der Waals surface area contributed by atoms with Crippen molar-refractivity contribution in [1.29, 1.82) is 0 Å². The summed E-state index contributed by atoms with van der Waals surface area (Å²) in [6.07, 6.45) is 0.424. The normalized spacial score (nSPS) is 11.8. The second-order valence-corrected chi connectivity index (χ2v) is 5.32. The molecule has 110 valence electrons. The third kappa shape index (κ3) is 4.50. The van der Waals surface area contributed by atoms with Crippen molar-refractivity contribution < 1.29 is 9.53 Å². The van der Waals surface area contributed by atoms with Crippen LogP contribution in [0.5, 0.6) is 5.75 Å². The fraction of sp³-hybridized carbons (Fsp3) is 0.235. The van der Waals surface area contributed by atoms with E-state index in [0.717, 1.165) is 17.0 Å². The maximum absolute atomic E-state index is 11.5. The Bertz CT molecular complexity index is 593. The molecular formula is C17H18ClNO2. The van der Waals surface area contributed by atoms with Crippen molar-refractivity contribution in [2.45, 2.75) is 19.4 Å². The van der Waals surface area contributed by atoms with E-state index in [1.165, 1.54) is 0 Å². The average Bonchev–Trinajstić information content (AvgIpc) is 2.48. The lowest BCUT2D eigenvalue weighted by molar-refractivity contribution is -0.117. The zero-order valence-corrected chi connectivity index (χ0v) is 12.9. The first-order chi connectivity index (χ1) is 10.1. The van der Waals surface area contributed by atoms with Gasteiger partial charge in [0, 0.05) is 17.1 Å². The van der Waals surface area contributed by atoms with Crippen LogP contribution in [0.25, 0.3) is 0 Å². The maximum Gasteiger partial charge on any atom is 0.132 e. The molecule has 0 aliphatic rings. The van der Waals surface area contributed by atoms with Crippen LogP contribution in [0.3, 0.4) is 0 Å². The van der Waals surface area contributed by atoms with E-state index in [0.29, 0.717) is 11.4 Å². The summed E-state index contributed by atoms with van der Waals surface area (Å²) in [4.78, 5) is 11.5. The van der Waals surface area contributed by atoms with Crippen molar-refractivity contribution in [1.82, 2.24) is 0 Å². The Labute approximate surface area is 129 Å². The van der Waals surface area contributed by atoms with Crippen molar-refractivity contribution in [2.24, 2.45) is 0 Å².